The van der Waals surface area contributed by atoms with Crippen molar-refractivity contribution in [2.24, 2.45) is 5.73 Å². The molecule has 0 saturated carbocycles. The molecule has 0 spiro atoms. The highest BCUT2D eigenvalue weighted by Crippen LogP contribution is 2.30. The predicted octanol–water partition coefficient (Wildman–Crippen LogP) is 3.36. The maximum atomic E-state index is 6.30. The summed E-state index contributed by atoms with van der Waals surface area (Å²) in [4.78, 5) is 0. The summed E-state index contributed by atoms with van der Waals surface area (Å²) in [5, 5.41) is 9.11. The van der Waals surface area contributed by atoms with E-state index in [0.29, 0.717) is 5.02 Å². The van der Waals surface area contributed by atoms with Crippen molar-refractivity contribution in [1.82, 2.24) is 9.78 Å². The molecule has 0 radical (unpaired) electrons. The highest BCUT2D eigenvalue weighted by Gasteiger charge is 2.20. The highest BCUT2D eigenvalue weighted by atomic mass is 35.5. The third-order valence-electron chi connectivity index (χ3n) is 2.79. The number of aromatic nitrogens is 2. The van der Waals surface area contributed by atoms with Crippen LogP contribution in [0.5, 0.6) is 0 Å². The fourth-order valence-corrected chi connectivity index (χ4v) is 3.05. The molecule has 0 aliphatic carbocycles. The maximum Gasteiger partial charge on any atom is 0.0837 e. The summed E-state index contributed by atoms with van der Waals surface area (Å²) in [6, 6.07) is -0.192. The van der Waals surface area contributed by atoms with Gasteiger partial charge in [0.1, 0.15) is 0 Å². The number of hydrogen-bond donors (Lipinski definition) is 1. The van der Waals surface area contributed by atoms with E-state index in [1.807, 2.05) is 4.68 Å². The lowest BCUT2D eigenvalue weighted by Crippen LogP contribution is -2.18. The fraction of sp³-hybridized carbons (Fsp3) is 0.417. The van der Waals surface area contributed by atoms with Crippen LogP contribution in [0.15, 0.2) is 17.0 Å². The van der Waals surface area contributed by atoms with Crippen LogP contribution < -0.4 is 5.73 Å². The van der Waals surface area contributed by atoms with E-state index in [9.17, 15) is 0 Å². The summed E-state index contributed by atoms with van der Waals surface area (Å²) in [5.41, 5.74) is 9.56. The zero-order valence-corrected chi connectivity index (χ0v) is 11.6. The molecule has 0 aliphatic rings. The Morgan fingerprint density at radius 2 is 2.29 bits per heavy atom. The predicted molar refractivity (Wildman–Crippen MR) is 72.6 cm³/mol. The first-order chi connectivity index (χ1) is 8.15. The van der Waals surface area contributed by atoms with Crippen molar-refractivity contribution in [3.63, 3.8) is 0 Å². The Labute approximate surface area is 110 Å². The Morgan fingerprint density at radius 3 is 2.88 bits per heavy atom. The maximum absolute atomic E-state index is 6.30. The Balaban J connectivity index is 2.39. The van der Waals surface area contributed by atoms with Gasteiger partial charge in [-0.25, -0.2) is 0 Å². The van der Waals surface area contributed by atoms with Crippen molar-refractivity contribution < 1.29 is 0 Å². The Morgan fingerprint density at radius 1 is 1.53 bits per heavy atom. The molecule has 1 atom stereocenters. The van der Waals surface area contributed by atoms with E-state index in [4.69, 9.17) is 17.3 Å². The molecule has 92 valence electrons. The van der Waals surface area contributed by atoms with E-state index < -0.39 is 0 Å². The smallest absolute Gasteiger partial charge is 0.0837 e. The zero-order valence-electron chi connectivity index (χ0n) is 9.98. The van der Waals surface area contributed by atoms with E-state index in [-0.39, 0.29) is 6.04 Å². The molecule has 0 bridgehead atoms. The van der Waals surface area contributed by atoms with Crippen molar-refractivity contribution >= 4 is 22.9 Å². The van der Waals surface area contributed by atoms with E-state index in [1.165, 1.54) is 5.56 Å². The van der Waals surface area contributed by atoms with Gasteiger partial charge in [-0.2, -0.15) is 16.4 Å². The first-order valence-corrected chi connectivity index (χ1v) is 6.96. The van der Waals surface area contributed by atoms with Crippen molar-refractivity contribution in [2.45, 2.75) is 32.9 Å². The number of nitrogens with two attached hydrogens (primary N) is 1. The van der Waals surface area contributed by atoms with Crippen LogP contribution in [0, 0.1) is 6.92 Å². The average molecular weight is 270 g/mol. The largest absolute Gasteiger partial charge is 0.319 e. The van der Waals surface area contributed by atoms with Gasteiger partial charge in [0.15, 0.2) is 0 Å². The molecule has 0 aliphatic heterocycles. The standard InChI is InChI=1S/C12H16ClN3S/c1-3-4-16-12(10(13)5-15-16)11(14)9-7-17-6-8(9)2/h5-7,11H,3-4,14H2,1-2H3. The van der Waals surface area contributed by atoms with E-state index in [1.54, 1.807) is 17.5 Å². The molecule has 0 fully saturated rings. The van der Waals surface area contributed by atoms with E-state index >= 15 is 0 Å². The quantitative estimate of drug-likeness (QED) is 0.925. The Bertz CT molecular complexity index is 504. The number of thiophene rings is 1. The van der Waals surface area contributed by atoms with Crippen molar-refractivity contribution in [3.05, 3.63) is 38.8 Å². The molecule has 5 heteroatoms. The summed E-state index contributed by atoms with van der Waals surface area (Å²) >= 11 is 7.85. The Kier molecular flexibility index (Phi) is 3.86. The van der Waals surface area contributed by atoms with Crippen LogP contribution >= 0.6 is 22.9 Å². The molecular formula is C12H16ClN3S. The summed E-state index contributed by atoms with van der Waals surface area (Å²) in [6.45, 7) is 5.03. The summed E-state index contributed by atoms with van der Waals surface area (Å²) in [6.07, 6.45) is 2.69. The average Bonchev–Trinajstić information content (AvgIpc) is 2.86. The molecule has 1 unspecified atom stereocenters. The lowest BCUT2D eigenvalue weighted by Gasteiger charge is -2.14. The summed E-state index contributed by atoms with van der Waals surface area (Å²) < 4.78 is 1.91. The third kappa shape index (κ3) is 2.39. The molecule has 2 aromatic rings. The first-order valence-electron chi connectivity index (χ1n) is 5.64. The molecule has 0 saturated heterocycles. The second-order valence-electron chi connectivity index (χ2n) is 4.09. The van der Waals surface area contributed by atoms with Crippen molar-refractivity contribution in [1.29, 1.82) is 0 Å². The van der Waals surface area contributed by atoms with Crippen LogP contribution in [0.1, 0.15) is 36.2 Å². The molecule has 17 heavy (non-hydrogen) atoms. The molecule has 0 amide bonds. The topological polar surface area (TPSA) is 43.8 Å². The lowest BCUT2D eigenvalue weighted by molar-refractivity contribution is 0.559. The van der Waals surface area contributed by atoms with Gasteiger partial charge in [-0.3, -0.25) is 4.68 Å². The van der Waals surface area contributed by atoms with Crippen molar-refractivity contribution in [3.8, 4) is 0 Å². The molecule has 3 nitrogen and oxygen atoms in total. The number of aryl methyl sites for hydroxylation is 2. The van der Waals surface area contributed by atoms with Gasteiger partial charge < -0.3 is 5.73 Å². The van der Waals surface area contributed by atoms with Crippen LogP contribution in [0.4, 0.5) is 0 Å². The van der Waals surface area contributed by atoms with Gasteiger partial charge >= 0.3 is 0 Å². The number of hydrogen-bond acceptors (Lipinski definition) is 3. The van der Waals surface area contributed by atoms with Gasteiger partial charge in [-0.15, -0.1) is 0 Å². The minimum absolute atomic E-state index is 0.192. The first kappa shape index (κ1) is 12.6. The summed E-state index contributed by atoms with van der Waals surface area (Å²) in [7, 11) is 0. The van der Waals surface area contributed by atoms with Crippen LogP contribution in [-0.4, -0.2) is 9.78 Å². The molecule has 2 N–H and O–H groups in total. The molecule has 2 heterocycles. The van der Waals surface area contributed by atoms with Gasteiger partial charge in [0.05, 0.1) is 23.0 Å². The van der Waals surface area contributed by atoms with Crippen LogP contribution in [-0.2, 0) is 6.54 Å². The third-order valence-corrected chi connectivity index (χ3v) is 3.96. The van der Waals surface area contributed by atoms with Gasteiger partial charge in [0.2, 0.25) is 0 Å². The number of nitrogens with zero attached hydrogens (tertiary/aromatic N) is 2. The van der Waals surface area contributed by atoms with Gasteiger partial charge in [0, 0.05) is 6.54 Å². The molecular weight excluding hydrogens is 254 g/mol. The van der Waals surface area contributed by atoms with Crippen molar-refractivity contribution in [2.75, 3.05) is 0 Å². The molecule has 2 rings (SSSR count). The zero-order chi connectivity index (χ0) is 12.4. The van der Waals surface area contributed by atoms with Crippen LogP contribution in [0.3, 0.4) is 0 Å². The second-order valence-corrected chi connectivity index (χ2v) is 5.24. The van der Waals surface area contributed by atoms with Gasteiger partial charge in [-0.1, -0.05) is 18.5 Å². The lowest BCUT2D eigenvalue weighted by atomic mass is 10.0. The Hall–Kier alpha value is -0.840. The minimum atomic E-state index is -0.192. The summed E-state index contributed by atoms with van der Waals surface area (Å²) in [5.74, 6) is 0. The van der Waals surface area contributed by atoms with Crippen LogP contribution in [0.2, 0.25) is 5.02 Å². The second kappa shape index (κ2) is 5.21. The molecule has 2 aromatic heterocycles. The number of rotatable bonds is 4. The van der Waals surface area contributed by atoms with E-state index in [2.05, 4.69) is 29.7 Å². The van der Waals surface area contributed by atoms with Gasteiger partial charge in [-0.05, 0) is 35.2 Å². The van der Waals surface area contributed by atoms with E-state index in [0.717, 1.165) is 24.2 Å². The number of halogens is 1. The monoisotopic (exact) mass is 269 g/mol. The highest BCUT2D eigenvalue weighted by molar-refractivity contribution is 7.08. The SMILES string of the molecule is CCCn1ncc(Cl)c1C(N)c1cscc1C. The molecule has 0 aromatic carbocycles. The normalized spacial score (nSPS) is 12.9. The fourth-order valence-electron chi connectivity index (χ4n) is 1.91. The van der Waals surface area contributed by atoms with Crippen LogP contribution in [0.25, 0.3) is 0 Å². The van der Waals surface area contributed by atoms with Gasteiger partial charge in [0.25, 0.3) is 0 Å². The minimum Gasteiger partial charge on any atom is -0.319 e.